The molecule has 1 atom stereocenters. The lowest BCUT2D eigenvalue weighted by Crippen LogP contribution is -2.40. The second-order valence-electron chi connectivity index (χ2n) is 4.18. The van der Waals surface area contributed by atoms with Gasteiger partial charge < -0.3 is 23.9 Å². The standard InChI is InChI=1S/C12H17NO5/c1-13(6-10-8-16-4-5-17-10)12(15)11-3-2-9(7-14)18-11/h2-3,10,14H,4-8H2,1H3. The molecule has 0 saturated carbocycles. The van der Waals surface area contributed by atoms with Crippen molar-refractivity contribution in [1.29, 1.82) is 0 Å². The fraction of sp³-hybridized carbons (Fsp3) is 0.583. The van der Waals surface area contributed by atoms with Gasteiger partial charge in [0.05, 0.1) is 25.9 Å². The highest BCUT2D eigenvalue weighted by atomic mass is 16.6. The van der Waals surface area contributed by atoms with Crippen molar-refractivity contribution in [3.63, 3.8) is 0 Å². The zero-order valence-corrected chi connectivity index (χ0v) is 10.3. The van der Waals surface area contributed by atoms with Crippen molar-refractivity contribution in [1.82, 2.24) is 4.90 Å². The molecule has 0 radical (unpaired) electrons. The molecule has 0 spiro atoms. The monoisotopic (exact) mass is 255 g/mol. The van der Waals surface area contributed by atoms with Gasteiger partial charge in [0.1, 0.15) is 12.4 Å². The van der Waals surface area contributed by atoms with E-state index in [1.54, 1.807) is 19.2 Å². The van der Waals surface area contributed by atoms with Gasteiger partial charge in [-0.05, 0) is 12.1 Å². The lowest BCUT2D eigenvalue weighted by Gasteiger charge is -2.27. The lowest BCUT2D eigenvalue weighted by molar-refractivity contribution is -0.0934. The molecule has 1 saturated heterocycles. The van der Waals surface area contributed by atoms with Gasteiger partial charge in [-0.3, -0.25) is 4.79 Å². The highest BCUT2D eigenvalue weighted by Crippen LogP contribution is 2.11. The Kier molecular flexibility index (Phi) is 4.35. The summed E-state index contributed by atoms with van der Waals surface area (Å²) in [6, 6.07) is 3.14. The van der Waals surface area contributed by atoms with Crippen LogP contribution in [-0.2, 0) is 16.1 Å². The van der Waals surface area contributed by atoms with E-state index < -0.39 is 0 Å². The molecule has 6 heteroatoms. The first-order chi connectivity index (χ1) is 8.70. The summed E-state index contributed by atoms with van der Waals surface area (Å²) >= 11 is 0. The molecule has 1 aromatic rings. The summed E-state index contributed by atoms with van der Waals surface area (Å²) in [5.41, 5.74) is 0. The first-order valence-electron chi connectivity index (χ1n) is 5.85. The van der Waals surface area contributed by atoms with E-state index >= 15 is 0 Å². The second kappa shape index (κ2) is 5.99. The summed E-state index contributed by atoms with van der Waals surface area (Å²) in [6.07, 6.45) is -0.0972. The number of carbonyl (C=O) groups excluding carboxylic acids is 1. The minimum atomic E-state index is -0.233. The van der Waals surface area contributed by atoms with E-state index in [1.807, 2.05) is 0 Å². The lowest BCUT2D eigenvalue weighted by atomic mass is 10.3. The van der Waals surface area contributed by atoms with Crippen molar-refractivity contribution >= 4 is 5.91 Å². The summed E-state index contributed by atoms with van der Waals surface area (Å²) in [5.74, 6) is 0.367. The molecule has 1 unspecified atom stereocenters. The maximum absolute atomic E-state index is 12.0. The number of furan rings is 1. The minimum Gasteiger partial charge on any atom is -0.453 e. The molecule has 0 aliphatic carbocycles. The molecule has 1 aromatic heterocycles. The Morgan fingerprint density at radius 3 is 2.94 bits per heavy atom. The summed E-state index contributed by atoms with van der Waals surface area (Å²) in [4.78, 5) is 13.5. The van der Waals surface area contributed by atoms with Gasteiger partial charge in [0.2, 0.25) is 0 Å². The highest BCUT2D eigenvalue weighted by Gasteiger charge is 2.21. The van der Waals surface area contributed by atoms with Gasteiger partial charge in [-0.15, -0.1) is 0 Å². The van der Waals surface area contributed by atoms with E-state index in [2.05, 4.69) is 0 Å². The van der Waals surface area contributed by atoms with Crippen LogP contribution in [0.15, 0.2) is 16.5 Å². The average Bonchev–Trinajstić information content (AvgIpc) is 2.87. The number of rotatable bonds is 4. The third-order valence-electron chi connectivity index (χ3n) is 2.74. The number of hydrogen-bond acceptors (Lipinski definition) is 5. The van der Waals surface area contributed by atoms with Gasteiger partial charge in [0, 0.05) is 13.6 Å². The predicted octanol–water partition coefficient (Wildman–Crippen LogP) is 0.259. The van der Waals surface area contributed by atoms with Crippen LogP contribution < -0.4 is 0 Å². The van der Waals surface area contributed by atoms with Gasteiger partial charge in [0.25, 0.3) is 5.91 Å². The normalized spacial score (nSPS) is 19.8. The second-order valence-corrected chi connectivity index (χ2v) is 4.18. The van der Waals surface area contributed by atoms with Crippen molar-refractivity contribution in [3.05, 3.63) is 23.7 Å². The molecular weight excluding hydrogens is 238 g/mol. The molecule has 2 heterocycles. The fourth-order valence-corrected chi connectivity index (χ4v) is 1.80. The van der Waals surface area contributed by atoms with Crippen molar-refractivity contribution in [2.45, 2.75) is 12.7 Å². The predicted molar refractivity (Wildman–Crippen MR) is 62.2 cm³/mol. The van der Waals surface area contributed by atoms with E-state index in [0.717, 1.165) is 0 Å². The first-order valence-corrected chi connectivity index (χ1v) is 5.85. The number of likely N-dealkylation sites (N-methyl/N-ethyl adjacent to an activating group) is 1. The SMILES string of the molecule is CN(CC1COCCO1)C(=O)c1ccc(CO)o1. The van der Waals surface area contributed by atoms with Crippen LogP contribution in [-0.4, -0.2) is 55.4 Å². The maximum Gasteiger partial charge on any atom is 0.289 e. The molecule has 1 N–H and O–H groups in total. The van der Waals surface area contributed by atoms with Crippen molar-refractivity contribution in [2.75, 3.05) is 33.4 Å². The van der Waals surface area contributed by atoms with E-state index in [0.29, 0.717) is 32.1 Å². The number of ether oxygens (including phenoxy) is 2. The Labute approximate surface area is 105 Å². The Balaban J connectivity index is 1.91. The summed E-state index contributed by atoms with van der Waals surface area (Å²) in [5, 5.41) is 8.88. The fourth-order valence-electron chi connectivity index (χ4n) is 1.80. The molecule has 0 aromatic carbocycles. The van der Waals surface area contributed by atoms with Crippen LogP contribution in [0.5, 0.6) is 0 Å². The molecule has 1 amide bonds. The zero-order chi connectivity index (χ0) is 13.0. The van der Waals surface area contributed by atoms with Gasteiger partial charge in [-0.1, -0.05) is 0 Å². The van der Waals surface area contributed by atoms with Crippen LogP contribution in [0.25, 0.3) is 0 Å². The van der Waals surface area contributed by atoms with Crippen LogP contribution in [0.3, 0.4) is 0 Å². The largest absolute Gasteiger partial charge is 0.453 e. The van der Waals surface area contributed by atoms with E-state index in [-0.39, 0.29) is 24.4 Å². The Bertz CT molecular complexity index is 397. The quantitative estimate of drug-likeness (QED) is 0.835. The summed E-state index contributed by atoms with van der Waals surface area (Å²) < 4.78 is 15.9. The smallest absolute Gasteiger partial charge is 0.289 e. The maximum atomic E-state index is 12.0. The van der Waals surface area contributed by atoms with Crippen LogP contribution >= 0.6 is 0 Å². The Hall–Kier alpha value is -1.37. The third kappa shape index (κ3) is 3.10. The first kappa shape index (κ1) is 13.1. The number of amides is 1. The molecular formula is C12H17NO5. The molecule has 1 aliphatic rings. The van der Waals surface area contributed by atoms with Gasteiger partial charge in [-0.2, -0.15) is 0 Å². The van der Waals surface area contributed by atoms with Gasteiger partial charge in [-0.25, -0.2) is 0 Å². The molecule has 100 valence electrons. The summed E-state index contributed by atoms with van der Waals surface area (Å²) in [6.45, 7) is 1.90. The van der Waals surface area contributed by atoms with E-state index in [9.17, 15) is 4.79 Å². The van der Waals surface area contributed by atoms with Crippen LogP contribution in [0, 0.1) is 0 Å². The molecule has 2 rings (SSSR count). The van der Waals surface area contributed by atoms with Crippen molar-refractivity contribution in [2.24, 2.45) is 0 Å². The van der Waals surface area contributed by atoms with Crippen LogP contribution in [0.4, 0.5) is 0 Å². The minimum absolute atomic E-state index is 0.0972. The zero-order valence-electron chi connectivity index (χ0n) is 10.3. The number of aliphatic hydroxyl groups excluding tert-OH is 1. The van der Waals surface area contributed by atoms with Gasteiger partial charge >= 0.3 is 0 Å². The van der Waals surface area contributed by atoms with Crippen molar-refractivity contribution in [3.8, 4) is 0 Å². The molecule has 18 heavy (non-hydrogen) atoms. The third-order valence-corrected chi connectivity index (χ3v) is 2.74. The number of aliphatic hydroxyl groups is 1. The van der Waals surface area contributed by atoms with E-state index in [4.69, 9.17) is 19.0 Å². The van der Waals surface area contributed by atoms with Crippen molar-refractivity contribution < 1.29 is 23.8 Å². The highest BCUT2D eigenvalue weighted by molar-refractivity contribution is 5.91. The Morgan fingerprint density at radius 1 is 1.50 bits per heavy atom. The molecule has 1 aliphatic heterocycles. The Morgan fingerprint density at radius 2 is 2.33 bits per heavy atom. The van der Waals surface area contributed by atoms with Crippen LogP contribution in [0.1, 0.15) is 16.3 Å². The number of carbonyl (C=O) groups is 1. The number of hydrogen-bond donors (Lipinski definition) is 1. The van der Waals surface area contributed by atoms with E-state index in [1.165, 1.54) is 4.90 Å². The van der Waals surface area contributed by atoms with Gasteiger partial charge in [0.15, 0.2) is 5.76 Å². The topological polar surface area (TPSA) is 72.1 Å². The molecule has 1 fully saturated rings. The molecule has 0 bridgehead atoms. The average molecular weight is 255 g/mol. The van der Waals surface area contributed by atoms with Crippen LogP contribution in [0.2, 0.25) is 0 Å². The molecule has 6 nitrogen and oxygen atoms in total. The summed E-state index contributed by atoms with van der Waals surface area (Å²) in [7, 11) is 1.68. The number of nitrogens with zero attached hydrogens (tertiary/aromatic N) is 1.